The summed E-state index contributed by atoms with van der Waals surface area (Å²) in [4.78, 5) is 10.6. The average molecular weight is 148 g/mol. The van der Waals surface area contributed by atoms with E-state index in [-0.39, 0.29) is 6.54 Å². The van der Waals surface area contributed by atoms with Gasteiger partial charge in [-0.1, -0.05) is 0 Å². The number of nitrogens with zero attached hydrogens (tertiary/aromatic N) is 1. The second-order valence-electron chi connectivity index (χ2n) is 1.97. The van der Waals surface area contributed by atoms with E-state index in [0.29, 0.717) is 0 Å². The predicted molar refractivity (Wildman–Crippen MR) is 34.4 cm³/mol. The monoisotopic (exact) mass is 148 g/mol. The summed E-state index contributed by atoms with van der Waals surface area (Å²) < 4.78 is 4.31. The average Bonchev–Trinajstić information content (AvgIpc) is 1.85. The van der Waals surface area contributed by atoms with E-state index in [1.165, 1.54) is 14.2 Å². The number of ether oxygens (including phenoxy) is 1. The van der Waals surface area contributed by atoms with E-state index in [9.17, 15) is 4.79 Å². The molecule has 0 heterocycles. The first kappa shape index (κ1) is 9.35. The van der Waals surface area contributed by atoms with Crippen LogP contribution in [0.1, 0.15) is 0 Å². The Morgan fingerprint density at radius 3 is 2.70 bits per heavy atom. The Balaban J connectivity index is 3.61. The quantitative estimate of drug-likeness (QED) is 0.388. The molecule has 0 bridgehead atoms. The van der Waals surface area contributed by atoms with Crippen LogP contribution in [0.25, 0.3) is 0 Å². The van der Waals surface area contributed by atoms with E-state index in [0.717, 1.165) is 5.06 Å². The van der Waals surface area contributed by atoms with Crippen molar-refractivity contribution in [1.29, 1.82) is 0 Å². The molecule has 0 aliphatic heterocycles. The minimum Gasteiger partial charge on any atom is -0.468 e. The predicted octanol–water partition coefficient (Wildman–Crippen LogP) is -1.19. The SMILES string of the molecule is COC(=O)C(N)CN(C)O. The van der Waals surface area contributed by atoms with Crippen LogP contribution in [-0.2, 0) is 9.53 Å². The lowest BCUT2D eigenvalue weighted by molar-refractivity contribution is -0.146. The molecule has 0 fully saturated rings. The van der Waals surface area contributed by atoms with Crippen LogP contribution >= 0.6 is 0 Å². The lowest BCUT2D eigenvalue weighted by atomic mass is 10.3. The van der Waals surface area contributed by atoms with Crippen LogP contribution in [0.2, 0.25) is 0 Å². The lowest BCUT2D eigenvalue weighted by Crippen LogP contribution is -2.40. The van der Waals surface area contributed by atoms with E-state index < -0.39 is 12.0 Å². The molecular weight excluding hydrogens is 136 g/mol. The van der Waals surface area contributed by atoms with Crippen molar-refractivity contribution in [3.63, 3.8) is 0 Å². The number of nitrogens with two attached hydrogens (primary N) is 1. The molecule has 0 saturated heterocycles. The maximum atomic E-state index is 10.6. The zero-order valence-corrected chi connectivity index (χ0v) is 6.07. The minimum atomic E-state index is -0.778. The van der Waals surface area contributed by atoms with E-state index in [4.69, 9.17) is 10.9 Å². The highest BCUT2D eigenvalue weighted by atomic mass is 16.5. The van der Waals surface area contributed by atoms with Gasteiger partial charge in [0.1, 0.15) is 6.04 Å². The number of rotatable bonds is 3. The second kappa shape index (κ2) is 4.21. The molecule has 0 amide bonds. The van der Waals surface area contributed by atoms with Gasteiger partial charge < -0.3 is 15.7 Å². The number of carbonyl (C=O) groups is 1. The van der Waals surface area contributed by atoms with Crippen molar-refractivity contribution in [3.8, 4) is 0 Å². The molecule has 0 spiro atoms. The van der Waals surface area contributed by atoms with Gasteiger partial charge in [-0.3, -0.25) is 4.79 Å². The largest absolute Gasteiger partial charge is 0.468 e. The minimum absolute atomic E-state index is 0.0761. The maximum absolute atomic E-state index is 10.6. The van der Waals surface area contributed by atoms with Gasteiger partial charge in [0.05, 0.1) is 7.11 Å². The topological polar surface area (TPSA) is 75.8 Å². The Labute approximate surface area is 59.3 Å². The fourth-order valence-corrected chi connectivity index (χ4v) is 0.511. The number of carbonyl (C=O) groups excluding carboxylic acids is 1. The molecule has 0 rings (SSSR count). The van der Waals surface area contributed by atoms with Crippen LogP contribution < -0.4 is 5.73 Å². The van der Waals surface area contributed by atoms with Crippen LogP contribution in [0.4, 0.5) is 0 Å². The third-order valence-corrected chi connectivity index (χ3v) is 0.965. The number of hydroxylamine groups is 2. The van der Waals surface area contributed by atoms with Gasteiger partial charge in [0.25, 0.3) is 0 Å². The van der Waals surface area contributed by atoms with Gasteiger partial charge in [0, 0.05) is 13.6 Å². The molecule has 0 aromatic rings. The number of hydrogen-bond acceptors (Lipinski definition) is 5. The second-order valence-corrected chi connectivity index (χ2v) is 1.97. The van der Waals surface area contributed by atoms with Gasteiger partial charge in [-0.25, -0.2) is 0 Å². The Bertz CT molecular complexity index is 115. The van der Waals surface area contributed by atoms with Crippen LogP contribution in [0.15, 0.2) is 0 Å². The molecule has 3 N–H and O–H groups in total. The molecule has 1 unspecified atom stereocenters. The molecule has 0 saturated carbocycles. The third-order valence-electron chi connectivity index (χ3n) is 0.965. The summed E-state index contributed by atoms with van der Waals surface area (Å²) in [5.74, 6) is -0.527. The summed E-state index contributed by atoms with van der Waals surface area (Å²) in [6.07, 6.45) is 0. The van der Waals surface area contributed by atoms with E-state index >= 15 is 0 Å². The van der Waals surface area contributed by atoms with E-state index in [2.05, 4.69) is 4.74 Å². The van der Waals surface area contributed by atoms with Crippen molar-refractivity contribution < 1.29 is 14.7 Å². The third kappa shape index (κ3) is 3.39. The van der Waals surface area contributed by atoms with Crippen molar-refractivity contribution in [1.82, 2.24) is 5.06 Å². The summed E-state index contributed by atoms with van der Waals surface area (Å²) in [6.45, 7) is 0.0761. The Morgan fingerprint density at radius 2 is 2.40 bits per heavy atom. The van der Waals surface area contributed by atoms with Crippen molar-refractivity contribution in [3.05, 3.63) is 0 Å². The summed E-state index contributed by atoms with van der Waals surface area (Å²) in [5.41, 5.74) is 5.25. The number of methoxy groups -OCH3 is 1. The molecule has 1 atom stereocenters. The zero-order chi connectivity index (χ0) is 8.15. The van der Waals surface area contributed by atoms with Gasteiger partial charge >= 0.3 is 5.97 Å². The van der Waals surface area contributed by atoms with Gasteiger partial charge in [0.2, 0.25) is 0 Å². The summed E-state index contributed by atoms with van der Waals surface area (Å²) in [7, 11) is 2.66. The smallest absolute Gasteiger partial charge is 0.324 e. The Kier molecular flexibility index (Phi) is 3.94. The molecule has 60 valence electrons. The maximum Gasteiger partial charge on any atom is 0.324 e. The molecule has 0 radical (unpaired) electrons. The fraction of sp³-hybridized carbons (Fsp3) is 0.800. The molecule has 5 heteroatoms. The number of esters is 1. The first-order valence-corrected chi connectivity index (χ1v) is 2.81. The summed E-state index contributed by atoms with van der Waals surface area (Å²) in [6, 6.07) is -0.778. The number of hydrogen-bond donors (Lipinski definition) is 2. The van der Waals surface area contributed by atoms with Crippen molar-refractivity contribution in [2.75, 3.05) is 20.7 Å². The lowest BCUT2D eigenvalue weighted by Gasteiger charge is -2.12. The van der Waals surface area contributed by atoms with Crippen molar-refractivity contribution in [2.45, 2.75) is 6.04 Å². The van der Waals surface area contributed by atoms with Crippen molar-refractivity contribution in [2.24, 2.45) is 5.73 Å². The highest BCUT2D eigenvalue weighted by molar-refractivity contribution is 5.75. The summed E-state index contributed by atoms with van der Waals surface area (Å²) in [5, 5.41) is 9.45. The first-order valence-electron chi connectivity index (χ1n) is 2.81. The van der Waals surface area contributed by atoms with Crippen LogP contribution in [-0.4, -0.2) is 43.0 Å². The highest BCUT2D eigenvalue weighted by Gasteiger charge is 2.14. The number of likely N-dealkylation sites (N-methyl/N-ethyl adjacent to an activating group) is 1. The Hall–Kier alpha value is -0.650. The van der Waals surface area contributed by atoms with Crippen molar-refractivity contribution >= 4 is 5.97 Å². The van der Waals surface area contributed by atoms with Crippen LogP contribution in [0, 0.1) is 0 Å². The van der Waals surface area contributed by atoms with Crippen LogP contribution in [0.3, 0.4) is 0 Å². The highest BCUT2D eigenvalue weighted by Crippen LogP contribution is 1.84. The molecule has 0 aliphatic carbocycles. The Morgan fingerprint density at radius 1 is 1.90 bits per heavy atom. The molecular formula is C5H12N2O3. The molecule has 0 aliphatic rings. The van der Waals surface area contributed by atoms with Gasteiger partial charge in [0.15, 0.2) is 0 Å². The van der Waals surface area contributed by atoms with E-state index in [1.807, 2.05) is 0 Å². The van der Waals surface area contributed by atoms with Gasteiger partial charge in [-0.15, -0.1) is 0 Å². The van der Waals surface area contributed by atoms with Gasteiger partial charge in [-0.2, -0.15) is 5.06 Å². The molecule has 5 nitrogen and oxygen atoms in total. The first-order chi connectivity index (χ1) is 4.57. The zero-order valence-electron chi connectivity index (χ0n) is 6.07. The molecule has 10 heavy (non-hydrogen) atoms. The van der Waals surface area contributed by atoms with Crippen LogP contribution in [0.5, 0.6) is 0 Å². The molecule has 0 aromatic carbocycles. The molecule has 0 aromatic heterocycles. The van der Waals surface area contributed by atoms with E-state index in [1.54, 1.807) is 0 Å². The standard InChI is InChI=1S/C5H12N2O3/c1-7(9)3-4(6)5(8)10-2/h4,9H,3,6H2,1-2H3. The van der Waals surface area contributed by atoms with Gasteiger partial charge in [-0.05, 0) is 0 Å². The normalized spacial score (nSPS) is 13.3. The fourth-order valence-electron chi connectivity index (χ4n) is 0.511. The summed E-state index contributed by atoms with van der Waals surface area (Å²) >= 11 is 0.